The van der Waals surface area contributed by atoms with Crippen LogP contribution in [-0.4, -0.2) is 30.1 Å². The van der Waals surface area contributed by atoms with Crippen molar-refractivity contribution in [3.63, 3.8) is 0 Å². The Morgan fingerprint density at radius 2 is 1.89 bits per heavy atom. The van der Waals surface area contributed by atoms with Gasteiger partial charge in [-0.15, -0.1) is 0 Å². The van der Waals surface area contributed by atoms with Gasteiger partial charge in [0.15, 0.2) is 0 Å². The lowest BCUT2D eigenvalue weighted by atomic mass is 9.88. The third-order valence-corrected chi connectivity index (χ3v) is 4.07. The Hall–Kier alpha value is -1.51. The number of carbonyl (C=O) groups excluding carboxylic acids is 1. The molecule has 1 N–H and O–H groups in total. The maximum atomic E-state index is 12.0. The summed E-state index contributed by atoms with van der Waals surface area (Å²) in [7, 11) is 0. The molecular weight excluding hydrogens is 224 g/mol. The number of nitrogens with zero attached hydrogens (tertiary/aromatic N) is 1. The van der Waals surface area contributed by atoms with Gasteiger partial charge < -0.3 is 10.2 Å². The molecule has 0 bridgehead atoms. The van der Waals surface area contributed by atoms with Crippen LogP contribution in [0.5, 0.6) is 0 Å². The zero-order valence-corrected chi connectivity index (χ0v) is 10.7. The van der Waals surface area contributed by atoms with E-state index in [9.17, 15) is 4.79 Å². The van der Waals surface area contributed by atoms with Crippen LogP contribution in [0.2, 0.25) is 0 Å². The standard InChI is InChI=1S/C15H20N2O/c18-15(17-9-3-4-10-17)16-14-8-7-12-5-1-2-6-13(12)11-14/h1-2,5-6,14H,3-4,7-11H2,(H,16,18). The summed E-state index contributed by atoms with van der Waals surface area (Å²) in [6.07, 6.45) is 5.44. The molecule has 1 aliphatic carbocycles. The molecule has 3 nitrogen and oxygen atoms in total. The van der Waals surface area contributed by atoms with Crippen molar-refractivity contribution in [2.75, 3.05) is 13.1 Å². The SMILES string of the molecule is O=C(NC1CCc2ccccc2C1)N1CCCC1. The van der Waals surface area contributed by atoms with Crippen LogP contribution in [0, 0.1) is 0 Å². The van der Waals surface area contributed by atoms with E-state index in [1.54, 1.807) is 0 Å². The summed E-state index contributed by atoms with van der Waals surface area (Å²) in [6, 6.07) is 9.02. The number of amides is 2. The van der Waals surface area contributed by atoms with Gasteiger partial charge in [0.2, 0.25) is 0 Å². The first-order valence-corrected chi connectivity index (χ1v) is 6.95. The lowest BCUT2D eigenvalue weighted by molar-refractivity contribution is 0.203. The lowest BCUT2D eigenvalue weighted by Crippen LogP contribution is -2.45. The molecular formula is C15H20N2O. The molecule has 0 radical (unpaired) electrons. The van der Waals surface area contributed by atoms with Crippen molar-refractivity contribution in [2.45, 2.75) is 38.1 Å². The maximum absolute atomic E-state index is 12.0. The Kier molecular flexibility index (Phi) is 3.22. The molecule has 1 aromatic carbocycles. The Morgan fingerprint density at radius 3 is 2.67 bits per heavy atom. The van der Waals surface area contributed by atoms with Gasteiger partial charge in [-0.1, -0.05) is 24.3 Å². The molecule has 1 aliphatic heterocycles. The Balaban J connectivity index is 1.60. The van der Waals surface area contributed by atoms with Gasteiger partial charge in [0.1, 0.15) is 0 Å². The summed E-state index contributed by atoms with van der Waals surface area (Å²) in [4.78, 5) is 14.0. The summed E-state index contributed by atoms with van der Waals surface area (Å²) in [5, 5.41) is 3.19. The first-order valence-electron chi connectivity index (χ1n) is 6.95. The molecule has 2 aliphatic rings. The number of nitrogens with one attached hydrogen (secondary N) is 1. The highest BCUT2D eigenvalue weighted by Crippen LogP contribution is 2.21. The summed E-state index contributed by atoms with van der Waals surface area (Å²) < 4.78 is 0. The Labute approximate surface area is 108 Å². The third kappa shape index (κ3) is 2.35. The summed E-state index contributed by atoms with van der Waals surface area (Å²) in [5.74, 6) is 0. The summed E-state index contributed by atoms with van der Waals surface area (Å²) in [6.45, 7) is 1.85. The van der Waals surface area contributed by atoms with E-state index in [4.69, 9.17) is 0 Å². The fourth-order valence-electron chi connectivity index (χ4n) is 3.01. The van der Waals surface area contributed by atoms with Crippen LogP contribution in [0.15, 0.2) is 24.3 Å². The number of benzene rings is 1. The number of carbonyl (C=O) groups is 1. The highest BCUT2D eigenvalue weighted by molar-refractivity contribution is 5.74. The molecule has 1 fully saturated rings. The van der Waals surface area contributed by atoms with Gasteiger partial charge in [0.05, 0.1) is 0 Å². The number of hydrogen-bond donors (Lipinski definition) is 1. The molecule has 1 atom stereocenters. The topological polar surface area (TPSA) is 32.3 Å². The number of rotatable bonds is 1. The van der Waals surface area contributed by atoms with Gasteiger partial charge in [-0.3, -0.25) is 0 Å². The first kappa shape index (κ1) is 11.6. The number of fused-ring (bicyclic) bond motifs is 1. The monoisotopic (exact) mass is 244 g/mol. The normalized spacial score (nSPS) is 22.7. The van der Waals surface area contributed by atoms with E-state index in [-0.39, 0.29) is 6.03 Å². The lowest BCUT2D eigenvalue weighted by Gasteiger charge is -2.27. The molecule has 0 saturated carbocycles. The average molecular weight is 244 g/mol. The summed E-state index contributed by atoms with van der Waals surface area (Å²) >= 11 is 0. The fraction of sp³-hybridized carbons (Fsp3) is 0.533. The molecule has 0 spiro atoms. The Bertz CT molecular complexity index is 438. The molecule has 3 heteroatoms. The Morgan fingerprint density at radius 1 is 1.17 bits per heavy atom. The number of urea groups is 1. The van der Waals surface area contributed by atoms with E-state index in [1.807, 2.05) is 4.90 Å². The van der Waals surface area contributed by atoms with Gasteiger partial charge in [0.25, 0.3) is 0 Å². The van der Waals surface area contributed by atoms with Gasteiger partial charge in [-0.25, -0.2) is 4.79 Å². The van der Waals surface area contributed by atoms with E-state index < -0.39 is 0 Å². The minimum atomic E-state index is 0.136. The molecule has 96 valence electrons. The number of hydrogen-bond acceptors (Lipinski definition) is 1. The van der Waals surface area contributed by atoms with Crippen molar-refractivity contribution in [1.82, 2.24) is 10.2 Å². The molecule has 1 aromatic rings. The van der Waals surface area contributed by atoms with E-state index in [2.05, 4.69) is 29.6 Å². The van der Waals surface area contributed by atoms with Crippen LogP contribution in [-0.2, 0) is 12.8 Å². The maximum Gasteiger partial charge on any atom is 0.317 e. The van der Waals surface area contributed by atoms with Crippen LogP contribution in [0.25, 0.3) is 0 Å². The second kappa shape index (κ2) is 5.01. The van der Waals surface area contributed by atoms with E-state index in [0.717, 1.165) is 45.2 Å². The minimum Gasteiger partial charge on any atom is -0.335 e. The van der Waals surface area contributed by atoms with Gasteiger partial charge >= 0.3 is 6.03 Å². The fourth-order valence-corrected chi connectivity index (χ4v) is 3.01. The van der Waals surface area contributed by atoms with Crippen molar-refractivity contribution in [3.8, 4) is 0 Å². The van der Waals surface area contributed by atoms with Crippen LogP contribution < -0.4 is 5.32 Å². The van der Waals surface area contributed by atoms with Crippen molar-refractivity contribution in [3.05, 3.63) is 35.4 Å². The predicted molar refractivity (Wildman–Crippen MR) is 71.6 cm³/mol. The first-order chi connectivity index (χ1) is 8.83. The summed E-state index contributed by atoms with van der Waals surface area (Å²) in [5.41, 5.74) is 2.85. The molecule has 1 saturated heterocycles. The van der Waals surface area contributed by atoms with Crippen LogP contribution in [0.3, 0.4) is 0 Å². The van der Waals surface area contributed by atoms with E-state index in [0.29, 0.717) is 6.04 Å². The van der Waals surface area contributed by atoms with Crippen LogP contribution >= 0.6 is 0 Å². The second-order valence-electron chi connectivity index (χ2n) is 5.35. The van der Waals surface area contributed by atoms with Crippen molar-refractivity contribution < 1.29 is 4.79 Å². The predicted octanol–water partition coefficient (Wildman–Crippen LogP) is 2.35. The molecule has 2 amide bonds. The van der Waals surface area contributed by atoms with Crippen molar-refractivity contribution >= 4 is 6.03 Å². The van der Waals surface area contributed by atoms with Gasteiger partial charge in [-0.2, -0.15) is 0 Å². The second-order valence-corrected chi connectivity index (χ2v) is 5.35. The quantitative estimate of drug-likeness (QED) is 0.808. The van der Waals surface area contributed by atoms with Crippen molar-refractivity contribution in [2.24, 2.45) is 0 Å². The van der Waals surface area contributed by atoms with Gasteiger partial charge in [-0.05, 0) is 43.2 Å². The van der Waals surface area contributed by atoms with Crippen molar-refractivity contribution in [1.29, 1.82) is 0 Å². The largest absolute Gasteiger partial charge is 0.335 e. The van der Waals surface area contributed by atoms with Crippen LogP contribution in [0.1, 0.15) is 30.4 Å². The number of likely N-dealkylation sites (tertiary alicyclic amines) is 1. The minimum absolute atomic E-state index is 0.136. The highest BCUT2D eigenvalue weighted by atomic mass is 16.2. The number of aryl methyl sites for hydroxylation is 1. The average Bonchev–Trinajstić information content (AvgIpc) is 2.92. The molecule has 3 rings (SSSR count). The molecule has 0 aromatic heterocycles. The molecule has 18 heavy (non-hydrogen) atoms. The molecule has 1 unspecified atom stereocenters. The molecule has 1 heterocycles. The zero-order valence-electron chi connectivity index (χ0n) is 10.7. The van der Waals surface area contributed by atoms with E-state index in [1.165, 1.54) is 11.1 Å². The van der Waals surface area contributed by atoms with Gasteiger partial charge in [0, 0.05) is 19.1 Å². The van der Waals surface area contributed by atoms with Crippen LogP contribution in [0.4, 0.5) is 4.79 Å². The van der Waals surface area contributed by atoms with E-state index >= 15 is 0 Å². The smallest absolute Gasteiger partial charge is 0.317 e. The zero-order chi connectivity index (χ0) is 12.4. The highest BCUT2D eigenvalue weighted by Gasteiger charge is 2.23. The third-order valence-electron chi connectivity index (χ3n) is 4.07.